The van der Waals surface area contributed by atoms with Gasteiger partial charge in [-0.25, -0.2) is 4.68 Å². The van der Waals surface area contributed by atoms with Crippen LogP contribution in [0.4, 0.5) is 0 Å². The summed E-state index contributed by atoms with van der Waals surface area (Å²) in [5.41, 5.74) is 1.45. The topological polar surface area (TPSA) is 63.1 Å². The molecule has 1 saturated heterocycles. The molecule has 0 aliphatic carbocycles. The van der Waals surface area contributed by atoms with Gasteiger partial charge in [0.15, 0.2) is 5.69 Å². The van der Waals surface area contributed by atoms with Crippen molar-refractivity contribution in [1.29, 1.82) is 0 Å². The van der Waals surface area contributed by atoms with Crippen LogP contribution in [0.25, 0.3) is 0 Å². The highest BCUT2D eigenvalue weighted by Crippen LogP contribution is 2.21. The molecule has 2 rings (SSSR count). The van der Waals surface area contributed by atoms with Crippen molar-refractivity contribution in [2.24, 2.45) is 11.8 Å². The van der Waals surface area contributed by atoms with Crippen LogP contribution < -0.4 is 5.32 Å². The lowest BCUT2D eigenvalue weighted by atomic mass is 10.1. The summed E-state index contributed by atoms with van der Waals surface area (Å²) >= 11 is 0. The molecule has 0 radical (unpaired) electrons. The Morgan fingerprint density at radius 3 is 2.24 bits per heavy atom. The zero-order chi connectivity index (χ0) is 18.4. The Morgan fingerprint density at radius 2 is 1.72 bits per heavy atom. The lowest BCUT2D eigenvalue weighted by Gasteiger charge is -2.25. The Hall–Kier alpha value is -1.43. The van der Waals surface area contributed by atoms with E-state index in [2.05, 4.69) is 43.3 Å². The number of nitrogens with one attached hydrogen (secondary N) is 1. The van der Waals surface area contributed by atoms with Gasteiger partial charge in [-0.05, 0) is 57.5 Å². The molecule has 0 saturated carbocycles. The summed E-state index contributed by atoms with van der Waals surface area (Å²) in [6.45, 7) is 14.4. The summed E-state index contributed by atoms with van der Waals surface area (Å²) in [6.07, 6.45) is 4.13. The highest BCUT2D eigenvalue weighted by Gasteiger charge is 2.26. The molecule has 1 N–H and O–H groups in total. The lowest BCUT2D eigenvalue weighted by Crippen LogP contribution is -2.35. The highest BCUT2D eigenvalue weighted by atomic mass is 16.2. The number of hydrogen-bond acceptors (Lipinski definition) is 4. The highest BCUT2D eigenvalue weighted by molar-refractivity contribution is 5.93. The molecule has 1 aromatic heterocycles. The molecular weight excluding hydrogens is 314 g/mol. The molecule has 0 atom stereocenters. The van der Waals surface area contributed by atoms with Crippen LogP contribution in [0.3, 0.4) is 0 Å². The summed E-state index contributed by atoms with van der Waals surface area (Å²) in [6, 6.07) is 0.357. The molecule has 1 fully saturated rings. The molecule has 1 aliphatic heterocycles. The van der Waals surface area contributed by atoms with Gasteiger partial charge >= 0.3 is 0 Å². The van der Waals surface area contributed by atoms with Gasteiger partial charge in [-0.3, -0.25) is 4.79 Å². The number of rotatable bonds is 8. The molecule has 2 heterocycles. The van der Waals surface area contributed by atoms with E-state index < -0.39 is 0 Å². The van der Waals surface area contributed by atoms with Crippen molar-refractivity contribution in [2.75, 3.05) is 26.2 Å². The monoisotopic (exact) mass is 349 g/mol. The van der Waals surface area contributed by atoms with Crippen LogP contribution in [0.1, 0.15) is 75.6 Å². The zero-order valence-corrected chi connectivity index (χ0v) is 16.6. The molecule has 1 aromatic rings. The second-order valence-electron chi connectivity index (χ2n) is 8.11. The van der Waals surface area contributed by atoms with Gasteiger partial charge in [-0.15, -0.1) is 5.10 Å². The van der Waals surface area contributed by atoms with Crippen molar-refractivity contribution < 1.29 is 4.79 Å². The van der Waals surface area contributed by atoms with Crippen LogP contribution in [0.2, 0.25) is 0 Å². The van der Waals surface area contributed by atoms with Gasteiger partial charge in [0, 0.05) is 13.1 Å². The Bertz CT molecular complexity index is 534. The Balaban J connectivity index is 2.12. The SMILES string of the molecule is Cc1c(C(=O)N(CCC(C)C)CCC(C)C)nnn1C1CCNCC1. The molecule has 1 amide bonds. The van der Waals surface area contributed by atoms with Crippen LogP contribution in [0.15, 0.2) is 0 Å². The predicted molar refractivity (Wildman–Crippen MR) is 101 cm³/mol. The van der Waals surface area contributed by atoms with Crippen LogP contribution >= 0.6 is 0 Å². The van der Waals surface area contributed by atoms with Crippen molar-refractivity contribution in [3.63, 3.8) is 0 Å². The standard InChI is InChI=1S/C19H35N5O/c1-14(2)8-12-23(13-9-15(3)4)19(25)18-16(5)24(22-21-18)17-6-10-20-11-7-17/h14-15,17,20H,6-13H2,1-5H3. The van der Waals surface area contributed by atoms with Crippen LogP contribution in [0.5, 0.6) is 0 Å². The van der Waals surface area contributed by atoms with Crippen molar-refractivity contribution in [3.05, 3.63) is 11.4 Å². The van der Waals surface area contributed by atoms with E-state index in [1.807, 2.05) is 16.5 Å². The minimum absolute atomic E-state index is 0.0407. The molecule has 25 heavy (non-hydrogen) atoms. The molecule has 6 nitrogen and oxygen atoms in total. The number of carbonyl (C=O) groups is 1. The first kappa shape index (κ1) is 19.9. The Morgan fingerprint density at radius 1 is 1.16 bits per heavy atom. The second kappa shape index (κ2) is 9.32. The maximum absolute atomic E-state index is 13.1. The van der Waals surface area contributed by atoms with E-state index in [0.717, 1.165) is 57.6 Å². The van der Waals surface area contributed by atoms with Gasteiger partial charge < -0.3 is 10.2 Å². The predicted octanol–water partition coefficient (Wildman–Crippen LogP) is 3.05. The maximum Gasteiger partial charge on any atom is 0.276 e. The quantitative estimate of drug-likeness (QED) is 0.783. The molecule has 1 aliphatic rings. The number of piperidine rings is 1. The molecule has 0 aromatic carbocycles. The third-order valence-corrected chi connectivity index (χ3v) is 5.02. The van der Waals surface area contributed by atoms with Crippen LogP contribution in [0, 0.1) is 18.8 Å². The third-order valence-electron chi connectivity index (χ3n) is 5.02. The van der Waals surface area contributed by atoms with Gasteiger partial charge in [-0.1, -0.05) is 32.9 Å². The largest absolute Gasteiger partial charge is 0.337 e. The number of nitrogens with zero attached hydrogens (tertiary/aromatic N) is 4. The van der Waals surface area contributed by atoms with Crippen molar-refractivity contribution in [1.82, 2.24) is 25.2 Å². The molecule has 6 heteroatoms. The third kappa shape index (κ3) is 5.53. The first-order valence-corrected chi connectivity index (χ1v) is 9.82. The smallest absolute Gasteiger partial charge is 0.276 e. The van der Waals surface area contributed by atoms with Crippen molar-refractivity contribution >= 4 is 5.91 Å². The normalized spacial score (nSPS) is 16.0. The van der Waals surface area contributed by atoms with Crippen molar-refractivity contribution in [3.8, 4) is 0 Å². The lowest BCUT2D eigenvalue weighted by molar-refractivity contribution is 0.0734. The first-order valence-electron chi connectivity index (χ1n) is 9.82. The number of hydrogen-bond donors (Lipinski definition) is 1. The summed E-state index contributed by atoms with van der Waals surface area (Å²) in [5.74, 6) is 1.21. The summed E-state index contributed by atoms with van der Waals surface area (Å²) < 4.78 is 1.97. The average molecular weight is 350 g/mol. The van der Waals surface area contributed by atoms with E-state index in [9.17, 15) is 4.79 Å². The number of amides is 1. The molecule has 0 spiro atoms. The Labute approximate surface area is 152 Å². The maximum atomic E-state index is 13.1. The second-order valence-corrected chi connectivity index (χ2v) is 8.11. The minimum atomic E-state index is 0.0407. The average Bonchev–Trinajstić information content (AvgIpc) is 2.96. The van der Waals surface area contributed by atoms with Gasteiger partial charge in [0.1, 0.15) is 0 Å². The molecule has 142 valence electrons. The fourth-order valence-electron chi connectivity index (χ4n) is 3.23. The fraction of sp³-hybridized carbons (Fsp3) is 0.842. The fourth-order valence-corrected chi connectivity index (χ4v) is 3.23. The summed E-state index contributed by atoms with van der Waals surface area (Å²) in [7, 11) is 0. The van der Waals surface area contributed by atoms with E-state index in [-0.39, 0.29) is 5.91 Å². The molecule has 0 bridgehead atoms. The molecular formula is C19H35N5O. The van der Waals surface area contributed by atoms with E-state index in [1.165, 1.54) is 0 Å². The first-order chi connectivity index (χ1) is 11.9. The van der Waals surface area contributed by atoms with E-state index in [0.29, 0.717) is 23.6 Å². The van der Waals surface area contributed by atoms with Crippen LogP contribution in [-0.2, 0) is 0 Å². The van der Waals surface area contributed by atoms with Crippen LogP contribution in [-0.4, -0.2) is 52.0 Å². The van der Waals surface area contributed by atoms with Gasteiger partial charge in [0.2, 0.25) is 0 Å². The number of aromatic nitrogens is 3. The van der Waals surface area contributed by atoms with Gasteiger partial charge in [-0.2, -0.15) is 0 Å². The van der Waals surface area contributed by atoms with Gasteiger partial charge in [0.25, 0.3) is 5.91 Å². The van der Waals surface area contributed by atoms with E-state index in [1.54, 1.807) is 0 Å². The van der Waals surface area contributed by atoms with Gasteiger partial charge in [0.05, 0.1) is 11.7 Å². The zero-order valence-electron chi connectivity index (χ0n) is 16.6. The molecule has 0 unspecified atom stereocenters. The van der Waals surface area contributed by atoms with Crippen molar-refractivity contribution in [2.45, 2.75) is 66.3 Å². The summed E-state index contributed by atoms with van der Waals surface area (Å²) in [5, 5.41) is 12.0. The summed E-state index contributed by atoms with van der Waals surface area (Å²) in [4.78, 5) is 15.1. The minimum Gasteiger partial charge on any atom is -0.337 e. The number of carbonyl (C=O) groups excluding carboxylic acids is 1. The van der Waals surface area contributed by atoms with E-state index >= 15 is 0 Å². The van der Waals surface area contributed by atoms with E-state index in [4.69, 9.17) is 0 Å². The Kier molecular flexibility index (Phi) is 7.41.